The van der Waals surface area contributed by atoms with E-state index in [0.717, 1.165) is 25.2 Å². The van der Waals surface area contributed by atoms with Crippen LogP contribution in [0.5, 0.6) is 0 Å². The van der Waals surface area contributed by atoms with Gasteiger partial charge >= 0.3 is 0 Å². The van der Waals surface area contributed by atoms with Crippen LogP contribution in [0.1, 0.15) is 44.1 Å². The monoisotopic (exact) mass is 360 g/mol. The molecule has 0 aliphatic carbocycles. The number of hydrogen-bond donors (Lipinski definition) is 1. The first-order chi connectivity index (χ1) is 13.4. The van der Waals surface area contributed by atoms with Gasteiger partial charge in [-0.25, -0.2) is 0 Å². The number of fused-ring (bicyclic) bond motifs is 1. The summed E-state index contributed by atoms with van der Waals surface area (Å²) in [6.07, 6.45) is 18.0. The van der Waals surface area contributed by atoms with Crippen molar-refractivity contribution in [3.05, 3.63) is 42.1 Å². The molecule has 27 heavy (non-hydrogen) atoms. The molecule has 4 heteroatoms. The fourth-order valence-electron chi connectivity index (χ4n) is 4.70. The summed E-state index contributed by atoms with van der Waals surface area (Å²) in [5, 5.41) is 1.35. The molecule has 1 N–H and O–H groups in total. The average molecular weight is 361 g/mol. The molecule has 1 aromatic heterocycles. The van der Waals surface area contributed by atoms with E-state index in [4.69, 9.17) is 4.99 Å². The number of H-pyrrole nitrogens is 1. The van der Waals surface area contributed by atoms with Crippen LogP contribution in [-0.2, 0) is 0 Å². The number of aliphatic imine (C=N–C) groups is 1. The Labute approximate surface area is 161 Å². The molecule has 0 unspecified atom stereocenters. The topological polar surface area (TPSA) is 34.6 Å². The van der Waals surface area contributed by atoms with Crippen molar-refractivity contribution in [2.75, 3.05) is 36.0 Å². The Kier molecular flexibility index (Phi) is 4.48. The van der Waals surface area contributed by atoms with Gasteiger partial charge in [-0.15, -0.1) is 0 Å². The maximum atomic E-state index is 4.75. The Hall–Kier alpha value is -2.49. The van der Waals surface area contributed by atoms with Crippen LogP contribution in [0.2, 0.25) is 0 Å². The molecule has 0 radical (unpaired) electrons. The van der Waals surface area contributed by atoms with Gasteiger partial charge in [0.05, 0.1) is 17.1 Å². The predicted molar refractivity (Wildman–Crippen MR) is 116 cm³/mol. The lowest BCUT2D eigenvalue weighted by Crippen LogP contribution is -2.32. The highest BCUT2D eigenvalue weighted by Gasteiger charge is 2.25. The number of rotatable bonds is 3. The second-order valence-electron chi connectivity index (χ2n) is 7.83. The second-order valence-corrected chi connectivity index (χ2v) is 7.83. The van der Waals surface area contributed by atoms with Crippen LogP contribution in [0.4, 0.5) is 11.4 Å². The van der Waals surface area contributed by atoms with Gasteiger partial charge in [-0.05, 0) is 50.3 Å². The second kappa shape index (κ2) is 7.26. The van der Waals surface area contributed by atoms with Crippen LogP contribution in [0, 0.1) is 0 Å². The van der Waals surface area contributed by atoms with E-state index >= 15 is 0 Å². The van der Waals surface area contributed by atoms with Crippen LogP contribution >= 0.6 is 0 Å². The number of aromatic amines is 1. The van der Waals surface area contributed by atoms with Crippen LogP contribution in [0.3, 0.4) is 0 Å². The zero-order chi connectivity index (χ0) is 18.1. The molecule has 0 atom stereocenters. The van der Waals surface area contributed by atoms with Crippen molar-refractivity contribution in [2.45, 2.75) is 38.5 Å². The molecule has 0 spiro atoms. The summed E-state index contributed by atoms with van der Waals surface area (Å²) in [6.45, 7) is 4.67. The lowest BCUT2D eigenvalue weighted by molar-refractivity contribution is 0.579. The Bertz CT molecular complexity index is 906. The largest absolute Gasteiger partial charge is 0.370 e. The number of benzene rings is 1. The first-order valence-corrected chi connectivity index (χ1v) is 10.5. The first-order valence-electron chi connectivity index (χ1n) is 10.5. The number of nitrogens with zero attached hydrogens (tertiary/aromatic N) is 3. The molecule has 5 rings (SSSR count). The molecule has 2 fully saturated rings. The highest BCUT2D eigenvalue weighted by molar-refractivity contribution is 6.06. The van der Waals surface area contributed by atoms with Crippen molar-refractivity contribution in [3.8, 4) is 0 Å². The molecule has 0 amide bonds. The van der Waals surface area contributed by atoms with Gasteiger partial charge in [0, 0.05) is 61.5 Å². The fourth-order valence-corrected chi connectivity index (χ4v) is 4.70. The zero-order valence-electron chi connectivity index (χ0n) is 16.0. The summed E-state index contributed by atoms with van der Waals surface area (Å²) in [4.78, 5) is 13.5. The summed E-state index contributed by atoms with van der Waals surface area (Å²) < 4.78 is 0. The molecule has 4 heterocycles. The Morgan fingerprint density at radius 2 is 1.67 bits per heavy atom. The Balaban J connectivity index is 1.71. The van der Waals surface area contributed by atoms with Crippen LogP contribution in [0.15, 0.2) is 41.6 Å². The molecular formula is C23H28N4. The van der Waals surface area contributed by atoms with Gasteiger partial charge < -0.3 is 14.8 Å². The summed E-state index contributed by atoms with van der Waals surface area (Å²) in [7, 11) is 0. The Morgan fingerprint density at radius 3 is 2.52 bits per heavy atom. The normalized spacial score (nSPS) is 20.4. The molecular weight excluding hydrogens is 332 g/mol. The SMILES string of the molecule is C1=CCC=NC(c2c[nH]c3ccc(N4CCCC4)c(N4CCCCC4)c23)=C1. The van der Waals surface area contributed by atoms with E-state index in [2.05, 4.69) is 51.3 Å². The van der Waals surface area contributed by atoms with E-state index in [1.807, 2.05) is 6.21 Å². The van der Waals surface area contributed by atoms with Crippen LogP contribution in [-0.4, -0.2) is 37.4 Å². The van der Waals surface area contributed by atoms with E-state index in [1.165, 1.54) is 73.0 Å². The summed E-state index contributed by atoms with van der Waals surface area (Å²) in [5.41, 5.74) is 6.35. The highest BCUT2D eigenvalue weighted by atomic mass is 15.2. The number of hydrogen-bond acceptors (Lipinski definition) is 3. The van der Waals surface area contributed by atoms with Gasteiger partial charge in [0.1, 0.15) is 0 Å². The number of piperidine rings is 1. The van der Waals surface area contributed by atoms with Crippen molar-refractivity contribution < 1.29 is 0 Å². The minimum absolute atomic E-state index is 0.903. The maximum Gasteiger partial charge on any atom is 0.0720 e. The minimum atomic E-state index is 0.903. The van der Waals surface area contributed by atoms with Crippen molar-refractivity contribution in [3.63, 3.8) is 0 Å². The van der Waals surface area contributed by atoms with Crippen LogP contribution in [0.25, 0.3) is 16.6 Å². The van der Waals surface area contributed by atoms with Crippen molar-refractivity contribution >= 4 is 34.2 Å². The third-order valence-corrected chi connectivity index (χ3v) is 6.06. The number of allylic oxidation sites excluding steroid dienone is 3. The van der Waals surface area contributed by atoms with Gasteiger partial charge in [0.2, 0.25) is 0 Å². The average Bonchev–Trinajstić information content (AvgIpc) is 3.32. The summed E-state index contributed by atoms with van der Waals surface area (Å²) in [6, 6.07) is 4.60. The van der Waals surface area contributed by atoms with Crippen molar-refractivity contribution in [2.24, 2.45) is 4.99 Å². The maximum absolute atomic E-state index is 4.75. The van der Waals surface area contributed by atoms with Crippen molar-refractivity contribution in [1.82, 2.24) is 4.98 Å². The van der Waals surface area contributed by atoms with Gasteiger partial charge in [-0.1, -0.05) is 12.2 Å². The zero-order valence-corrected chi connectivity index (χ0v) is 16.0. The molecule has 3 aliphatic rings. The molecule has 0 bridgehead atoms. The van der Waals surface area contributed by atoms with Crippen LogP contribution < -0.4 is 9.80 Å². The first kappa shape index (κ1) is 16.7. The lowest BCUT2D eigenvalue weighted by atomic mass is 10.0. The molecule has 3 aliphatic heterocycles. The van der Waals surface area contributed by atoms with Gasteiger partial charge in [-0.2, -0.15) is 0 Å². The standard InChI is InChI=1S/C23H28N4/c1-3-9-19(24-12-4-1)18-17-25-20-10-11-21(26-13-7-8-14-26)23(22(18)20)27-15-5-2-6-16-27/h1,3,9-12,17,25H,2,4-8,13-16H2. The Morgan fingerprint density at radius 1 is 0.889 bits per heavy atom. The highest BCUT2D eigenvalue weighted by Crippen LogP contribution is 2.43. The summed E-state index contributed by atoms with van der Waals surface area (Å²) >= 11 is 0. The molecule has 2 saturated heterocycles. The molecule has 2 aromatic rings. The van der Waals surface area contributed by atoms with Gasteiger partial charge in [0.25, 0.3) is 0 Å². The number of anilines is 2. The smallest absolute Gasteiger partial charge is 0.0720 e. The predicted octanol–water partition coefficient (Wildman–Crippen LogP) is 5.13. The van der Waals surface area contributed by atoms with E-state index in [1.54, 1.807) is 0 Å². The third-order valence-electron chi connectivity index (χ3n) is 6.06. The quantitative estimate of drug-likeness (QED) is 0.823. The molecule has 1 aromatic carbocycles. The number of aromatic nitrogens is 1. The lowest BCUT2D eigenvalue weighted by Gasteiger charge is -2.34. The van der Waals surface area contributed by atoms with E-state index in [0.29, 0.717) is 0 Å². The van der Waals surface area contributed by atoms with Gasteiger partial charge in [-0.3, -0.25) is 4.99 Å². The number of nitrogens with one attached hydrogen (secondary N) is 1. The third kappa shape index (κ3) is 3.07. The minimum Gasteiger partial charge on any atom is -0.370 e. The molecule has 0 saturated carbocycles. The van der Waals surface area contributed by atoms with Gasteiger partial charge in [0.15, 0.2) is 0 Å². The molecule has 140 valence electrons. The van der Waals surface area contributed by atoms with Crippen molar-refractivity contribution in [1.29, 1.82) is 0 Å². The molecule has 4 nitrogen and oxygen atoms in total. The van der Waals surface area contributed by atoms with E-state index < -0.39 is 0 Å². The van der Waals surface area contributed by atoms with E-state index in [9.17, 15) is 0 Å². The summed E-state index contributed by atoms with van der Waals surface area (Å²) in [5.74, 6) is 0. The fraction of sp³-hybridized carbons (Fsp3) is 0.435. The van der Waals surface area contributed by atoms with E-state index in [-0.39, 0.29) is 0 Å².